The molecule has 1 unspecified atom stereocenters. The first-order chi connectivity index (χ1) is 34.5. The highest BCUT2D eigenvalue weighted by molar-refractivity contribution is 5.71. The predicted molar refractivity (Wildman–Crippen MR) is 302 cm³/mol. The molecule has 0 N–H and O–H groups in total. The van der Waals surface area contributed by atoms with Gasteiger partial charge in [-0.3, -0.25) is 14.4 Å². The van der Waals surface area contributed by atoms with Crippen LogP contribution < -0.4 is 0 Å². The summed E-state index contributed by atoms with van der Waals surface area (Å²) < 4.78 is 16.8. The van der Waals surface area contributed by atoms with E-state index < -0.39 is 6.10 Å². The molecule has 0 fully saturated rings. The molecule has 0 amide bonds. The van der Waals surface area contributed by atoms with Crippen molar-refractivity contribution >= 4 is 17.9 Å². The fourth-order valence-corrected chi connectivity index (χ4v) is 7.54. The largest absolute Gasteiger partial charge is 0.462 e. The van der Waals surface area contributed by atoms with Crippen molar-refractivity contribution in [1.29, 1.82) is 0 Å². The molecular weight excluding hydrogens is 865 g/mol. The molecule has 0 aliphatic carbocycles. The van der Waals surface area contributed by atoms with Crippen LogP contribution in [0.25, 0.3) is 0 Å². The first kappa shape index (κ1) is 65.8. The molecule has 0 aromatic carbocycles. The molecule has 1 atom stereocenters. The molecule has 0 saturated heterocycles. The van der Waals surface area contributed by atoms with Crippen LogP contribution in [0.4, 0.5) is 0 Å². The summed E-state index contributed by atoms with van der Waals surface area (Å²) in [7, 11) is 0. The third-order valence-corrected chi connectivity index (χ3v) is 11.8. The van der Waals surface area contributed by atoms with Crippen LogP contribution in [-0.4, -0.2) is 37.2 Å². The van der Waals surface area contributed by atoms with Gasteiger partial charge in [0.15, 0.2) is 6.10 Å². The average Bonchev–Trinajstić information content (AvgIpc) is 3.36. The lowest BCUT2D eigenvalue weighted by Crippen LogP contribution is -2.30. The zero-order chi connectivity index (χ0) is 50.7. The van der Waals surface area contributed by atoms with Crippen LogP contribution in [0.3, 0.4) is 0 Å². The van der Waals surface area contributed by atoms with Gasteiger partial charge in [-0.1, -0.05) is 264 Å². The summed E-state index contributed by atoms with van der Waals surface area (Å²) in [5, 5.41) is 0. The molecule has 6 heteroatoms. The average molecular weight is 970 g/mol. The van der Waals surface area contributed by atoms with E-state index in [4.69, 9.17) is 14.2 Å². The quantitative estimate of drug-likeness (QED) is 0.0199. The van der Waals surface area contributed by atoms with Gasteiger partial charge in [0.05, 0.1) is 0 Å². The van der Waals surface area contributed by atoms with Crippen LogP contribution in [0.1, 0.15) is 245 Å². The Balaban J connectivity index is 4.56. The van der Waals surface area contributed by atoms with Crippen LogP contribution in [0.15, 0.2) is 122 Å². The van der Waals surface area contributed by atoms with Crippen LogP contribution in [-0.2, 0) is 28.6 Å². The van der Waals surface area contributed by atoms with Crippen molar-refractivity contribution in [2.45, 2.75) is 252 Å². The number of carbonyl (C=O) groups is 3. The minimum atomic E-state index is -0.823. The lowest BCUT2D eigenvalue weighted by Gasteiger charge is -2.18. The predicted octanol–water partition coefficient (Wildman–Crippen LogP) is 19.3. The Hall–Kier alpha value is -4.19. The molecule has 0 aliphatic rings. The zero-order valence-electron chi connectivity index (χ0n) is 45.2. The molecular formula is C64H104O6. The summed E-state index contributed by atoms with van der Waals surface area (Å²) in [6.07, 6.45) is 79.0. The molecule has 0 aliphatic heterocycles. The number of carbonyl (C=O) groups excluding carboxylic acids is 3. The zero-order valence-corrected chi connectivity index (χ0v) is 45.2. The molecule has 0 radical (unpaired) electrons. The first-order valence-corrected chi connectivity index (χ1v) is 28.6. The van der Waals surface area contributed by atoms with E-state index in [1.54, 1.807) is 0 Å². The second-order valence-corrected chi connectivity index (χ2v) is 18.6. The molecule has 0 aromatic rings. The van der Waals surface area contributed by atoms with Gasteiger partial charge >= 0.3 is 17.9 Å². The van der Waals surface area contributed by atoms with Crippen molar-refractivity contribution < 1.29 is 28.6 Å². The number of allylic oxidation sites excluding steroid dienone is 20. The summed E-state index contributed by atoms with van der Waals surface area (Å²) >= 11 is 0. The summed E-state index contributed by atoms with van der Waals surface area (Å²) in [6.45, 7) is 6.41. The Kier molecular flexibility index (Phi) is 54.0. The number of hydrogen-bond acceptors (Lipinski definition) is 6. The lowest BCUT2D eigenvalue weighted by molar-refractivity contribution is -0.166. The van der Waals surface area contributed by atoms with E-state index in [2.05, 4.69) is 136 Å². The Bertz CT molecular complexity index is 1490. The highest BCUT2D eigenvalue weighted by Crippen LogP contribution is 2.15. The Morgan fingerprint density at radius 1 is 0.314 bits per heavy atom. The smallest absolute Gasteiger partial charge is 0.306 e. The van der Waals surface area contributed by atoms with Gasteiger partial charge in [-0.2, -0.15) is 0 Å². The minimum absolute atomic E-state index is 0.112. The van der Waals surface area contributed by atoms with E-state index >= 15 is 0 Å². The Morgan fingerprint density at radius 2 is 0.643 bits per heavy atom. The fourth-order valence-electron chi connectivity index (χ4n) is 7.54. The molecule has 0 bridgehead atoms. The number of unbranched alkanes of at least 4 members (excludes halogenated alkanes) is 22. The standard InChI is InChI=1S/C64H104O6/c1-4-7-10-13-16-19-22-25-28-30-32-34-36-39-42-45-48-51-54-57-63(66)69-60-61(59-68-62(65)56-53-50-47-44-41-38-35-27-24-21-18-15-12-9-6-3)70-64(67)58-55-52-49-46-43-40-37-33-31-29-26-23-20-17-14-11-8-5-2/h7,10,16-17,19-20,23,25-26,28-29,31-34,37,39,42,48,51,61H,4-6,8-9,11-15,18,21-22,24,27,30,35-36,38,40-41,43-47,49-50,52-60H2,1-3H3/b10-7-,19-16-,20-17-,26-23-,28-25-,31-29-,34-32-,37-33-,42-39-,51-48-. The van der Waals surface area contributed by atoms with Gasteiger partial charge < -0.3 is 14.2 Å². The monoisotopic (exact) mass is 969 g/mol. The van der Waals surface area contributed by atoms with Crippen molar-refractivity contribution in [3.05, 3.63) is 122 Å². The van der Waals surface area contributed by atoms with Crippen molar-refractivity contribution in [3.63, 3.8) is 0 Å². The van der Waals surface area contributed by atoms with Crippen LogP contribution in [0.2, 0.25) is 0 Å². The van der Waals surface area contributed by atoms with Crippen molar-refractivity contribution in [2.24, 2.45) is 0 Å². The third kappa shape index (κ3) is 54.7. The minimum Gasteiger partial charge on any atom is -0.462 e. The fraction of sp³-hybridized carbons (Fsp3) is 0.641. The van der Waals surface area contributed by atoms with Crippen LogP contribution in [0, 0.1) is 0 Å². The molecule has 0 saturated carbocycles. The van der Waals surface area contributed by atoms with Crippen LogP contribution >= 0.6 is 0 Å². The molecule has 0 rings (SSSR count). The second kappa shape index (κ2) is 57.4. The molecule has 6 nitrogen and oxygen atoms in total. The first-order valence-electron chi connectivity index (χ1n) is 28.6. The summed E-state index contributed by atoms with van der Waals surface area (Å²) in [6, 6.07) is 0. The summed E-state index contributed by atoms with van der Waals surface area (Å²) in [5.41, 5.74) is 0. The van der Waals surface area contributed by atoms with Gasteiger partial charge in [-0.15, -0.1) is 0 Å². The Morgan fingerprint density at radius 3 is 1.09 bits per heavy atom. The highest BCUT2D eigenvalue weighted by atomic mass is 16.6. The number of ether oxygens (including phenoxy) is 3. The third-order valence-electron chi connectivity index (χ3n) is 11.8. The van der Waals surface area contributed by atoms with E-state index in [0.717, 1.165) is 103 Å². The van der Waals surface area contributed by atoms with Crippen LogP contribution in [0.5, 0.6) is 0 Å². The van der Waals surface area contributed by atoms with Gasteiger partial charge in [0.25, 0.3) is 0 Å². The van der Waals surface area contributed by atoms with E-state index in [1.165, 1.54) is 96.3 Å². The number of esters is 3. The van der Waals surface area contributed by atoms with Gasteiger partial charge in [0, 0.05) is 19.3 Å². The van der Waals surface area contributed by atoms with Gasteiger partial charge in [0.2, 0.25) is 0 Å². The van der Waals surface area contributed by atoms with E-state index in [9.17, 15) is 14.4 Å². The van der Waals surface area contributed by atoms with Gasteiger partial charge in [0.1, 0.15) is 13.2 Å². The molecule has 0 spiro atoms. The molecule has 0 heterocycles. The topological polar surface area (TPSA) is 78.9 Å². The van der Waals surface area contributed by atoms with Gasteiger partial charge in [-0.25, -0.2) is 0 Å². The second-order valence-electron chi connectivity index (χ2n) is 18.6. The molecule has 396 valence electrons. The summed E-state index contributed by atoms with van der Waals surface area (Å²) in [4.78, 5) is 38.1. The van der Waals surface area contributed by atoms with Crippen molar-refractivity contribution in [3.8, 4) is 0 Å². The SMILES string of the molecule is CC/C=C\C/C=C\C/C=C\C/C=C\C/C=C\C/C=C\CCC(=O)OCC(COC(=O)CCCCCCCCCCCCCCCCC)OC(=O)CCCCCCC\C=C/C=C\C=C/C=C\CCCCC. The summed E-state index contributed by atoms with van der Waals surface area (Å²) in [5.74, 6) is -1.02. The number of rotatable bonds is 50. The maximum Gasteiger partial charge on any atom is 0.306 e. The number of hydrogen-bond donors (Lipinski definition) is 0. The van der Waals surface area contributed by atoms with E-state index in [-0.39, 0.29) is 44.0 Å². The van der Waals surface area contributed by atoms with Crippen molar-refractivity contribution in [2.75, 3.05) is 13.2 Å². The van der Waals surface area contributed by atoms with E-state index in [1.807, 2.05) is 6.08 Å². The van der Waals surface area contributed by atoms with Gasteiger partial charge in [-0.05, 0) is 83.5 Å². The Labute approximate surface area is 431 Å². The molecule has 70 heavy (non-hydrogen) atoms. The van der Waals surface area contributed by atoms with E-state index in [0.29, 0.717) is 12.8 Å². The van der Waals surface area contributed by atoms with Crippen molar-refractivity contribution in [1.82, 2.24) is 0 Å². The maximum atomic E-state index is 12.9. The lowest BCUT2D eigenvalue weighted by atomic mass is 10.0. The normalized spacial score (nSPS) is 13.0. The molecule has 0 aromatic heterocycles. The highest BCUT2D eigenvalue weighted by Gasteiger charge is 2.19. The maximum absolute atomic E-state index is 12.9.